The van der Waals surface area contributed by atoms with Crippen LogP contribution in [0.4, 0.5) is 0 Å². The van der Waals surface area contributed by atoms with Crippen molar-refractivity contribution in [2.24, 2.45) is 5.73 Å². The lowest BCUT2D eigenvalue weighted by Gasteiger charge is -2.22. The van der Waals surface area contributed by atoms with Crippen LogP contribution in [0.5, 0.6) is 0 Å². The Morgan fingerprint density at radius 1 is 1.24 bits per heavy atom. The van der Waals surface area contributed by atoms with Gasteiger partial charge in [-0.3, -0.25) is 4.79 Å². The fraction of sp³-hybridized carbons (Fsp3) is 0.588. The molecule has 21 heavy (non-hydrogen) atoms. The monoisotopic (exact) mass is 290 g/mol. The highest BCUT2D eigenvalue weighted by atomic mass is 16.5. The number of hydrogen-bond donors (Lipinski definition) is 2. The summed E-state index contributed by atoms with van der Waals surface area (Å²) in [5.41, 5.74) is 7.31. The van der Waals surface area contributed by atoms with Gasteiger partial charge in [-0.2, -0.15) is 0 Å². The van der Waals surface area contributed by atoms with Crippen molar-refractivity contribution in [3.8, 4) is 0 Å². The van der Waals surface area contributed by atoms with Gasteiger partial charge in [0.1, 0.15) is 0 Å². The maximum absolute atomic E-state index is 12.2. The molecule has 0 aromatic heterocycles. The van der Waals surface area contributed by atoms with Crippen molar-refractivity contribution in [2.45, 2.75) is 44.6 Å². The molecule has 1 fully saturated rings. The van der Waals surface area contributed by atoms with Crippen molar-refractivity contribution in [1.29, 1.82) is 0 Å². The van der Waals surface area contributed by atoms with Gasteiger partial charge in [-0.1, -0.05) is 37.5 Å². The summed E-state index contributed by atoms with van der Waals surface area (Å²) >= 11 is 0. The van der Waals surface area contributed by atoms with E-state index in [1.165, 1.54) is 19.3 Å². The molecule has 1 amide bonds. The van der Waals surface area contributed by atoms with Gasteiger partial charge in [0.05, 0.1) is 12.7 Å². The standard InChI is InChI=1S/C17H26N2O2/c18-11-10-14-6-4-5-9-16(14)17(20)19-12-13-21-15-7-2-1-3-8-15/h4-6,9,15H,1-3,7-8,10-13,18H2,(H,19,20). The van der Waals surface area contributed by atoms with Gasteiger partial charge in [0, 0.05) is 12.1 Å². The van der Waals surface area contributed by atoms with Gasteiger partial charge in [0.2, 0.25) is 0 Å². The molecule has 3 N–H and O–H groups in total. The number of benzene rings is 1. The van der Waals surface area contributed by atoms with Gasteiger partial charge < -0.3 is 15.8 Å². The molecule has 1 aromatic rings. The lowest BCUT2D eigenvalue weighted by Crippen LogP contribution is -2.30. The Morgan fingerprint density at radius 3 is 2.76 bits per heavy atom. The van der Waals surface area contributed by atoms with E-state index in [0.29, 0.717) is 25.8 Å². The Morgan fingerprint density at radius 2 is 2.00 bits per heavy atom. The minimum absolute atomic E-state index is 0.0358. The van der Waals surface area contributed by atoms with Crippen LogP contribution in [0.2, 0.25) is 0 Å². The second kappa shape index (κ2) is 8.80. The zero-order valence-electron chi connectivity index (χ0n) is 12.6. The van der Waals surface area contributed by atoms with Crippen LogP contribution in [0.3, 0.4) is 0 Å². The van der Waals surface area contributed by atoms with Crippen molar-refractivity contribution in [2.75, 3.05) is 19.7 Å². The number of carbonyl (C=O) groups excluding carboxylic acids is 1. The number of carbonyl (C=O) groups is 1. The van der Waals surface area contributed by atoms with Crippen molar-refractivity contribution >= 4 is 5.91 Å². The van der Waals surface area contributed by atoms with Gasteiger partial charge in [-0.25, -0.2) is 0 Å². The average molecular weight is 290 g/mol. The minimum Gasteiger partial charge on any atom is -0.376 e. The molecule has 4 heteroatoms. The molecule has 0 aliphatic heterocycles. The first-order valence-corrected chi connectivity index (χ1v) is 7.99. The van der Waals surface area contributed by atoms with Gasteiger partial charge in [-0.05, 0) is 37.4 Å². The summed E-state index contributed by atoms with van der Waals surface area (Å²) in [5.74, 6) is -0.0358. The Balaban J connectivity index is 1.74. The number of rotatable bonds is 7. The second-order valence-corrected chi connectivity index (χ2v) is 5.58. The maximum atomic E-state index is 12.2. The molecule has 0 saturated heterocycles. The molecule has 0 unspecified atom stereocenters. The molecule has 0 bridgehead atoms. The quantitative estimate of drug-likeness (QED) is 0.757. The third-order valence-corrected chi connectivity index (χ3v) is 3.97. The van der Waals surface area contributed by atoms with E-state index in [1.807, 2.05) is 24.3 Å². The van der Waals surface area contributed by atoms with Crippen molar-refractivity contribution in [3.05, 3.63) is 35.4 Å². The van der Waals surface area contributed by atoms with Gasteiger partial charge in [0.25, 0.3) is 5.91 Å². The number of ether oxygens (including phenoxy) is 1. The lowest BCUT2D eigenvalue weighted by atomic mass is 9.98. The molecule has 1 saturated carbocycles. The first-order chi connectivity index (χ1) is 10.3. The molecule has 2 rings (SSSR count). The third-order valence-electron chi connectivity index (χ3n) is 3.97. The van der Waals surface area contributed by atoms with Gasteiger partial charge >= 0.3 is 0 Å². The van der Waals surface area contributed by atoms with Crippen LogP contribution in [-0.4, -0.2) is 31.7 Å². The summed E-state index contributed by atoms with van der Waals surface area (Å²) in [4.78, 5) is 12.2. The topological polar surface area (TPSA) is 64.4 Å². The maximum Gasteiger partial charge on any atom is 0.251 e. The Kier molecular flexibility index (Phi) is 6.70. The molecule has 1 aliphatic rings. The highest BCUT2D eigenvalue weighted by Gasteiger charge is 2.14. The van der Waals surface area contributed by atoms with E-state index in [4.69, 9.17) is 10.5 Å². The minimum atomic E-state index is -0.0358. The molecule has 1 aliphatic carbocycles. The van der Waals surface area contributed by atoms with Crippen molar-refractivity contribution in [1.82, 2.24) is 5.32 Å². The zero-order chi connectivity index (χ0) is 14.9. The van der Waals surface area contributed by atoms with E-state index < -0.39 is 0 Å². The fourth-order valence-corrected chi connectivity index (χ4v) is 2.83. The van der Waals surface area contributed by atoms with Crippen LogP contribution in [-0.2, 0) is 11.2 Å². The molecular formula is C17H26N2O2. The number of nitrogens with one attached hydrogen (secondary N) is 1. The SMILES string of the molecule is NCCc1ccccc1C(=O)NCCOC1CCCCC1. The summed E-state index contributed by atoms with van der Waals surface area (Å²) in [7, 11) is 0. The largest absolute Gasteiger partial charge is 0.376 e. The van der Waals surface area contributed by atoms with Gasteiger partial charge in [0.15, 0.2) is 0 Å². The fourth-order valence-electron chi connectivity index (χ4n) is 2.83. The van der Waals surface area contributed by atoms with Crippen LogP contribution >= 0.6 is 0 Å². The number of amides is 1. The lowest BCUT2D eigenvalue weighted by molar-refractivity contribution is 0.0299. The zero-order valence-corrected chi connectivity index (χ0v) is 12.6. The van der Waals surface area contributed by atoms with Gasteiger partial charge in [-0.15, -0.1) is 0 Å². The molecule has 0 atom stereocenters. The highest BCUT2D eigenvalue weighted by Crippen LogP contribution is 2.19. The van der Waals surface area contributed by atoms with E-state index in [2.05, 4.69) is 5.32 Å². The third kappa shape index (κ3) is 5.14. The molecule has 0 heterocycles. The molecule has 4 nitrogen and oxygen atoms in total. The normalized spacial score (nSPS) is 15.9. The molecule has 116 valence electrons. The molecule has 0 spiro atoms. The Hall–Kier alpha value is -1.39. The first kappa shape index (κ1) is 16.0. The molecular weight excluding hydrogens is 264 g/mol. The summed E-state index contributed by atoms with van der Waals surface area (Å²) in [5, 5.41) is 2.93. The average Bonchev–Trinajstić information content (AvgIpc) is 2.53. The van der Waals surface area contributed by atoms with Crippen LogP contribution in [0.15, 0.2) is 24.3 Å². The van der Waals surface area contributed by atoms with E-state index in [-0.39, 0.29) is 5.91 Å². The van der Waals surface area contributed by atoms with Crippen molar-refractivity contribution in [3.63, 3.8) is 0 Å². The number of hydrogen-bond acceptors (Lipinski definition) is 3. The predicted molar refractivity (Wildman–Crippen MR) is 84.4 cm³/mol. The van der Waals surface area contributed by atoms with Crippen LogP contribution in [0.1, 0.15) is 48.0 Å². The van der Waals surface area contributed by atoms with E-state index in [1.54, 1.807) is 0 Å². The first-order valence-electron chi connectivity index (χ1n) is 7.99. The summed E-state index contributed by atoms with van der Waals surface area (Å²) in [6.07, 6.45) is 7.30. The Bertz CT molecular complexity index is 442. The van der Waals surface area contributed by atoms with E-state index >= 15 is 0 Å². The molecule has 1 aromatic carbocycles. The van der Waals surface area contributed by atoms with Crippen LogP contribution in [0.25, 0.3) is 0 Å². The summed E-state index contributed by atoms with van der Waals surface area (Å²) in [6.45, 7) is 1.71. The van der Waals surface area contributed by atoms with E-state index in [0.717, 1.165) is 30.4 Å². The molecule has 0 radical (unpaired) electrons. The summed E-state index contributed by atoms with van der Waals surface area (Å²) < 4.78 is 5.81. The predicted octanol–water partition coefficient (Wildman–Crippen LogP) is 2.27. The van der Waals surface area contributed by atoms with Crippen LogP contribution < -0.4 is 11.1 Å². The second-order valence-electron chi connectivity index (χ2n) is 5.58. The summed E-state index contributed by atoms with van der Waals surface area (Å²) in [6, 6.07) is 7.63. The smallest absolute Gasteiger partial charge is 0.251 e. The van der Waals surface area contributed by atoms with E-state index in [9.17, 15) is 4.79 Å². The highest BCUT2D eigenvalue weighted by molar-refractivity contribution is 5.95. The number of nitrogens with two attached hydrogens (primary N) is 1. The Labute approximate surface area is 127 Å². The van der Waals surface area contributed by atoms with Crippen molar-refractivity contribution < 1.29 is 9.53 Å². The van der Waals surface area contributed by atoms with Crippen LogP contribution in [0, 0.1) is 0 Å².